The molecule has 1 rings (SSSR count). The molecule has 3 nitrogen and oxygen atoms in total. The average molecular weight is 376 g/mol. The van der Waals surface area contributed by atoms with Crippen LogP contribution in [-0.4, -0.2) is 22.6 Å². The van der Waals surface area contributed by atoms with Crippen molar-refractivity contribution in [1.82, 2.24) is 9.78 Å². The van der Waals surface area contributed by atoms with Gasteiger partial charge in [-0.25, -0.2) is 0 Å². The van der Waals surface area contributed by atoms with Gasteiger partial charge in [0.1, 0.15) is 0 Å². The second kappa shape index (κ2) is 6.74. The normalized spacial score (nSPS) is 12.4. The van der Waals surface area contributed by atoms with E-state index >= 15 is 0 Å². The predicted molar refractivity (Wildman–Crippen MR) is 70.1 cm³/mol. The van der Waals surface area contributed by atoms with Crippen molar-refractivity contribution in [3.8, 4) is 0 Å². The van der Waals surface area contributed by atoms with Crippen LogP contribution in [0.3, 0.4) is 0 Å². The Kier molecular flexibility index (Phi) is 5.90. The van der Waals surface area contributed by atoms with Crippen LogP contribution in [0.5, 0.6) is 0 Å². The number of alkyl halides is 3. The van der Waals surface area contributed by atoms with Crippen LogP contribution in [0, 0.1) is 9.49 Å². The van der Waals surface area contributed by atoms with Gasteiger partial charge in [0.15, 0.2) is 0 Å². The maximum absolute atomic E-state index is 12.2. The van der Waals surface area contributed by atoms with Gasteiger partial charge in [0.2, 0.25) is 0 Å². The van der Waals surface area contributed by atoms with Gasteiger partial charge in [-0.1, -0.05) is 13.8 Å². The number of aromatic nitrogens is 2. The van der Waals surface area contributed by atoms with Crippen LogP contribution in [0.1, 0.15) is 26.0 Å². The van der Waals surface area contributed by atoms with E-state index in [2.05, 4.69) is 27.7 Å². The van der Waals surface area contributed by atoms with Gasteiger partial charge in [-0.2, -0.15) is 18.3 Å². The van der Waals surface area contributed by atoms with Crippen LogP contribution < -0.4 is 0 Å². The third-order valence-electron chi connectivity index (χ3n) is 2.19. The summed E-state index contributed by atoms with van der Waals surface area (Å²) in [6.45, 7) is 4.76. The molecule has 1 aromatic heterocycles. The maximum Gasteiger partial charge on any atom is 0.390 e. The van der Waals surface area contributed by atoms with Crippen molar-refractivity contribution >= 4 is 22.6 Å². The van der Waals surface area contributed by atoms with Gasteiger partial charge in [0, 0.05) is 13.2 Å². The van der Waals surface area contributed by atoms with Crippen molar-refractivity contribution < 1.29 is 17.9 Å². The second-order valence-corrected chi connectivity index (χ2v) is 5.60. The van der Waals surface area contributed by atoms with E-state index in [4.69, 9.17) is 4.74 Å². The third-order valence-corrected chi connectivity index (χ3v) is 3.10. The molecule has 1 aromatic rings. The van der Waals surface area contributed by atoms with E-state index in [1.54, 1.807) is 6.20 Å². The van der Waals surface area contributed by atoms with Gasteiger partial charge in [0.05, 0.1) is 28.5 Å². The van der Waals surface area contributed by atoms with Gasteiger partial charge in [-0.15, -0.1) is 0 Å². The average Bonchev–Trinajstić information content (AvgIpc) is 2.56. The molecule has 7 heteroatoms. The molecule has 0 N–H and O–H groups in total. The largest absolute Gasteiger partial charge is 0.390 e. The lowest BCUT2D eigenvalue weighted by molar-refractivity contribution is -0.137. The standard InChI is InChI=1S/C11H16F3IN2O/c1-8(2)6-18-7-10-9(15)5-16-17(10)4-3-11(12,13)14/h5,8H,3-4,6-7H2,1-2H3. The van der Waals surface area contributed by atoms with E-state index in [1.165, 1.54) is 4.68 Å². The predicted octanol–water partition coefficient (Wildman–Crippen LogP) is 3.61. The van der Waals surface area contributed by atoms with Crippen LogP contribution in [0.25, 0.3) is 0 Å². The minimum atomic E-state index is -4.16. The molecule has 1 heterocycles. The highest BCUT2D eigenvalue weighted by molar-refractivity contribution is 14.1. The Morgan fingerprint density at radius 1 is 1.44 bits per heavy atom. The lowest BCUT2D eigenvalue weighted by Gasteiger charge is -2.11. The second-order valence-electron chi connectivity index (χ2n) is 4.44. The molecule has 0 saturated heterocycles. The Labute approximate surface area is 118 Å². The number of halogens is 4. The molecule has 0 amide bonds. The molecule has 0 aliphatic carbocycles. The monoisotopic (exact) mass is 376 g/mol. The van der Waals surface area contributed by atoms with E-state index < -0.39 is 12.6 Å². The van der Waals surface area contributed by atoms with Crippen molar-refractivity contribution in [2.24, 2.45) is 5.92 Å². The summed E-state index contributed by atoms with van der Waals surface area (Å²) < 4.78 is 44.1. The number of aryl methyl sites for hydroxylation is 1. The molecule has 0 spiro atoms. The SMILES string of the molecule is CC(C)COCc1c(I)cnn1CCC(F)(F)F. The summed E-state index contributed by atoms with van der Waals surface area (Å²) in [7, 11) is 0. The zero-order valence-electron chi connectivity index (χ0n) is 10.3. The summed E-state index contributed by atoms with van der Waals surface area (Å²) in [5.74, 6) is 0.397. The maximum atomic E-state index is 12.2. The molecule has 0 aromatic carbocycles. The van der Waals surface area contributed by atoms with Gasteiger partial charge in [0.25, 0.3) is 0 Å². The number of hydrogen-bond donors (Lipinski definition) is 0. The first-order valence-corrected chi connectivity index (χ1v) is 6.72. The molecule has 18 heavy (non-hydrogen) atoms. The molecule has 0 saturated carbocycles. The van der Waals surface area contributed by atoms with Crippen molar-refractivity contribution in [3.63, 3.8) is 0 Å². The summed E-state index contributed by atoms with van der Waals surface area (Å²) >= 11 is 2.05. The fraction of sp³-hybridized carbons (Fsp3) is 0.727. The minimum Gasteiger partial charge on any atom is -0.375 e. The van der Waals surface area contributed by atoms with Crippen molar-refractivity contribution in [2.45, 2.75) is 39.6 Å². The van der Waals surface area contributed by atoms with E-state index in [9.17, 15) is 13.2 Å². The van der Waals surface area contributed by atoms with Gasteiger partial charge in [-0.05, 0) is 28.5 Å². The fourth-order valence-electron chi connectivity index (χ4n) is 1.35. The Morgan fingerprint density at radius 3 is 2.67 bits per heavy atom. The molecular formula is C11H16F3IN2O. The number of rotatable bonds is 6. The Morgan fingerprint density at radius 2 is 2.11 bits per heavy atom. The molecule has 0 aliphatic rings. The summed E-state index contributed by atoms with van der Waals surface area (Å²) in [6.07, 6.45) is -3.47. The highest BCUT2D eigenvalue weighted by Crippen LogP contribution is 2.21. The molecule has 104 valence electrons. The van der Waals surface area contributed by atoms with Gasteiger partial charge in [-0.3, -0.25) is 4.68 Å². The summed E-state index contributed by atoms with van der Waals surface area (Å²) in [4.78, 5) is 0. The van der Waals surface area contributed by atoms with Crippen molar-refractivity contribution in [2.75, 3.05) is 6.61 Å². The zero-order chi connectivity index (χ0) is 13.8. The molecule has 0 unspecified atom stereocenters. The topological polar surface area (TPSA) is 27.1 Å². The van der Waals surface area contributed by atoms with Crippen LogP contribution in [-0.2, 0) is 17.9 Å². The van der Waals surface area contributed by atoms with Crippen LogP contribution in [0.4, 0.5) is 13.2 Å². The van der Waals surface area contributed by atoms with Crippen molar-refractivity contribution in [1.29, 1.82) is 0 Å². The number of ether oxygens (including phenoxy) is 1. The highest BCUT2D eigenvalue weighted by Gasteiger charge is 2.27. The third kappa shape index (κ3) is 5.55. The molecule has 0 fully saturated rings. The highest BCUT2D eigenvalue weighted by atomic mass is 127. The summed E-state index contributed by atoms with van der Waals surface area (Å²) in [5, 5.41) is 3.95. The van der Waals surface area contributed by atoms with Crippen molar-refractivity contribution in [3.05, 3.63) is 15.5 Å². The molecule has 0 bridgehead atoms. The Hall–Kier alpha value is -0.310. The molecule has 0 radical (unpaired) electrons. The van der Waals surface area contributed by atoms with Gasteiger partial charge >= 0.3 is 6.18 Å². The molecule has 0 atom stereocenters. The van der Waals surface area contributed by atoms with Gasteiger partial charge < -0.3 is 4.74 Å². The lowest BCUT2D eigenvalue weighted by Crippen LogP contribution is -2.15. The fourth-order valence-corrected chi connectivity index (χ4v) is 1.91. The van der Waals surface area contributed by atoms with E-state index in [0.29, 0.717) is 24.8 Å². The molecule has 0 aliphatic heterocycles. The van der Waals surface area contributed by atoms with Crippen LogP contribution in [0.2, 0.25) is 0 Å². The summed E-state index contributed by atoms with van der Waals surface area (Å²) in [5.41, 5.74) is 0.709. The first-order chi connectivity index (χ1) is 8.29. The van der Waals surface area contributed by atoms with Crippen LogP contribution >= 0.6 is 22.6 Å². The molecular weight excluding hydrogens is 360 g/mol. The van der Waals surface area contributed by atoms with E-state index in [0.717, 1.165) is 3.57 Å². The zero-order valence-corrected chi connectivity index (χ0v) is 12.5. The van der Waals surface area contributed by atoms with E-state index in [-0.39, 0.29) is 6.54 Å². The number of nitrogens with zero attached hydrogens (tertiary/aromatic N) is 2. The first kappa shape index (κ1) is 15.7. The quantitative estimate of drug-likeness (QED) is 0.710. The Bertz CT molecular complexity index is 377. The Balaban J connectivity index is 2.58. The summed E-state index contributed by atoms with van der Waals surface area (Å²) in [6, 6.07) is 0. The lowest BCUT2D eigenvalue weighted by atomic mass is 10.2. The first-order valence-electron chi connectivity index (χ1n) is 5.64. The smallest absolute Gasteiger partial charge is 0.375 e. The van der Waals surface area contributed by atoms with Crippen LogP contribution in [0.15, 0.2) is 6.20 Å². The minimum absolute atomic E-state index is 0.160. The van der Waals surface area contributed by atoms with E-state index in [1.807, 2.05) is 13.8 Å². The number of hydrogen-bond acceptors (Lipinski definition) is 2.